The van der Waals surface area contributed by atoms with E-state index in [9.17, 15) is 0 Å². The fourth-order valence-electron chi connectivity index (χ4n) is 1.92. The van der Waals surface area contributed by atoms with Crippen LogP contribution in [-0.2, 0) is 15.9 Å². The van der Waals surface area contributed by atoms with E-state index in [1.165, 1.54) is 5.56 Å². The zero-order chi connectivity index (χ0) is 14.8. The van der Waals surface area contributed by atoms with Crippen molar-refractivity contribution in [1.29, 1.82) is 0 Å². The summed E-state index contributed by atoms with van der Waals surface area (Å²) in [6, 6.07) is 10.5. The Morgan fingerprint density at radius 3 is 2.30 bits per heavy atom. The fourth-order valence-corrected chi connectivity index (χ4v) is 1.92. The molecule has 1 aromatic rings. The minimum atomic E-state index is 0.0492. The number of rotatable bonds is 9. The molecule has 0 bridgehead atoms. The van der Waals surface area contributed by atoms with Crippen molar-refractivity contribution in [3.8, 4) is 0 Å². The Bertz CT molecular complexity index is 368. The second-order valence-corrected chi connectivity index (χ2v) is 5.56. The van der Waals surface area contributed by atoms with Crippen LogP contribution in [0.2, 0.25) is 0 Å². The molecule has 0 heterocycles. The van der Waals surface area contributed by atoms with E-state index >= 15 is 0 Å². The summed E-state index contributed by atoms with van der Waals surface area (Å²) in [5.74, 6) is 0. The summed E-state index contributed by atoms with van der Waals surface area (Å²) in [7, 11) is 0. The first-order valence-electron chi connectivity index (χ1n) is 7.55. The molecule has 0 unspecified atom stereocenters. The molecule has 0 aromatic heterocycles. The SMILES string of the molecule is CC(C)OC[C@H](/C=C\CCc1ccccc1)OC(C)C. The first kappa shape index (κ1) is 16.9. The molecule has 0 saturated heterocycles. The smallest absolute Gasteiger partial charge is 0.0992 e. The number of benzene rings is 1. The first-order valence-corrected chi connectivity index (χ1v) is 7.55. The van der Waals surface area contributed by atoms with Crippen LogP contribution in [0.15, 0.2) is 42.5 Å². The molecule has 1 atom stereocenters. The van der Waals surface area contributed by atoms with E-state index < -0.39 is 0 Å². The molecular weight excluding hydrogens is 248 g/mol. The third kappa shape index (κ3) is 8.13. The number of hydrogen-bond acceptors (Lipinski definition) is 2. The van der Waals surface area contributed by atoms with Crippen molar-refractivity contribution in [2.75, 3.05) is 6.61 Å². The van der Waals surface area contributed by atoms with E-state index in [0.29, 0.717) is 6.61 Å². The normalized spacial score (nSPS) is 13.5. The molecule has 20 heavy (non-hydrogen) atoms. The summed E-state index contributed by atoms with van der Waals surface area (Å²) < 4.78 is 11.5. The van der Waals surface area contributed by atoms with Crippen LogP contribution in [0.5, 0.6) is 0 Å². The van der Waals surface area contributed by atoms with Gasteiger partial charge in [0.15, 0.2) is 0 Å². The van der Waals surface area contributed by atoms with Crippen molar-refractivity contribution >= 4 is 0 Å². The lowest BCUT2D eigenvalue weighted by molar-refractivity contribution is -0.0365. The summed E-state index contributed by atoms with van der Waals surface area (Å²) in [4.78, 5) is 0. The molecular formula is C18H28O2. The molecule has 1 aromatic carbocycles. The molecule has 0 N–H and O–H groups in total. The topological polar surface area (TPSA) is 18.5 Å². The standard InChI is InChI=1S/C18H28O2/c1-15(2)19-14-18(20-16(3)4)13-9-8-12-17-10-6-5-7-11-17/h5-7,9-11,13,15-16,18H,8,12,14H2,1-4H3/b13-9-/t18-/m0/s1. The lowest BCUT2D eigenvalue weighted by Crippen LogP contribution is -2.23. The van der Waals surface area contributed by atoms with E-state index in [-0.39, 0.29) is 18.3 Å². The number of allylic oxidation sites excluding steroid dienone is 1. The van der Waals surface area contributed by atoms with E-state index in [0.717, 1.165) is 12.8 Å². The molecule has 1 rings (SSSR count). The van der Waals surface area contributed by atoms with Gasteiger partial charge in [0.2, 0.25) is 0 Å². The fraction of sp³-hybridized carbons (Fsp3) is 0.556. The minimum Gasteiger partial charge on any atom is -0.376 e. The molecule has 0 spiro atoms. The van der Waals surface area contributed by atoms with Gasteiger partial charge in [0.25, 0.3) is 0 Å². The second kappa shape index (κ2) is 9.73. The van der Waals surface area contributed by atoms with Gasteiger partial charge in [-0.3, -0.25) is 0 Å². The van der Waals surface area contributed by atoms with E-state index in [4.69, 9.17) is 9.47 Å². The largest absolute Gasteiger partial charge is 0.376 e. The molecule has 0 aliphatic heterocycles. The first-order chi connectivity index (χ1) is 9.58. The van der Waals surface area contributed by atoms with Crippen LogP contribution in [0.3, 0.4) is 0 Å². The monoisotopic (exact) mass is 276 g/mol. The van der Waals surface area contributed by atoms with Crippen molar-refractivity contribution in [2.45, 2.75) is 58.8 Å². The minimum absolute atomic E-state index is 0.0492. The van der Waals surface area contributed by atoms with Gasteiger partial charge in [-0.05, 0) is 46.1 Å². The van der Waals surface area contributed by atoms with Gasteiger partial charge in [-0.25, -0.2) is 0 Å². The molecule has 0 saturated carbocycles. The highest BCUT2D eigenvalue weighted by Crippen LogP contribution is 2.06. The van der Waals surface area contributed by atoms with Crippen LogP contribution >= 0.6 is 0 Å². The highest BCUT2D eigenvalue weighted by molar-refractivity contribution is 5.15. The average Bonchev–Trinajstić information content (AvgIpc) is 2.41. The van der Waals surface area contributed by atoms with Gasteiger partial charge < -0.3 is 9.47 Å². The van der Waals surface area contributed by atoms with E-state index in [1.54, 1.807) is 0 Å². The maximum absolute atomic E-state index is 5.84. The summed E-state index contributed by atoms with van der Waals surface area (Å²) in [6.45, 7) is 8.83. The molecule has 0 aliphatic rings. The molecule has 0 amide bonds. The maximum atomic E-state index is 5.84. The molecule has 2 nitrogen and oxygen atoms in total. The highest BCUT2D eigenvalue weighted by atomic mass is 16.5. The highest BCUT2D eigenvalue weighted by Gasteiger charge is 2.08. The quantitative estimate of drug-likeness (QED) is 0.623. The number of hydrogen-bond donors (Lipinski definition) is 0. The summed E-state index contributed by atoms with van der Waals surface area (Å²) in [6.07, 6.45) is 6.93. The number of aryl methyl sites for hydroxylation is 1. The van der Waals surface area contributed by atoms with E-state index in [2.05, 4.69) is 56.3 Å². The third-order valence-electron chi connectivity index (χ3n) is 2.83. The van der Waals surface area contributed by atoms with Crippen LogP contribution in [0.4, 0.5) is 0 Å². The van der Waals surface area contributed by atoms with Gasteiger partial charge in [-0.1, -0.05) is 42.5 Å². The van der Waals surface area contributed by atoms with Crippen molar-refractivity contribution in [3.05, 3.63) is 48.0 Å². The Hall–Kier alpha value is -1.12. The van der Waals surface area contributed by atoms with Crippen molar-refractivity contribution in [1.82, 2.24) is 0 Å². The third-order valence-corrected chi connectivity index (χ3v) is 2.83. The summed E-state index contributed by atoms with van der Waals surface area (Å²) in [5, 5.41) is 0. The predicted molar refractivity (Wildman–Crippen MR) is 85.0 cm³/mol. The van der Waals surface area contributed by atoms with Gasteiger partial charge in [0, 0.05) is 0 Å². The van der Waals surface area contributed by atoms with Crippen LogP contribution < -0.4 is 0 Å². The summed E-state index contributed by atoms with van der Waals surface area (Å²) in [5.41, 5.74) is 1.37. The molecule has 0 fully saturated rings. The van der Waals surface area contributed by atoms with Gasteiger partial charge in [-0.15, -0.1) is 0 Å². The van der Waals surface area contributed by atoms with Crippen LogP contribution in [0.1, 0.15) is 39.7 Å². The van der Waals surface area contributed by atoms with Crippen LogP contribution in [0, 0.1) is 0 Å². The Morgan fingerprint density at radius 1 is 1.00 bits per heavy atom. The number of ether oxygens (including phenoxy) is 2. The maximum Gasteiger partial charge on any atom is 0.0992 e. The van der Waals surface area contributed by atoms with Crippen molar-refractivity contribution in [3.63, 3.8) is 0 Å². The Morgan fingerprint density at radius 2 is 1.70 bits per heavy atom. The van der Waals surface area contributed by atoms with Crippen molar-refractivity contribution < 1.29 is 9.47 Å². The molecule has 0 aliphatic carbocycles. The molecule has 2 heteroatoms. The second-order valence-electron chi connectivity index (χ2n) is 5.56. The Labute approximate surface area is 123 Å². The summed E-state index contributed by atoms with van der Waals surface area (Å²) >= 11 is 0. The lowest BCUT2D eigenvalue weighted by Gasteiger charge is -2.18. The van der Waals surface area contributed by atoms with Gasteiger partial charge in [0.05, 0.1) is 24.9 Å². The van der Waals surface area contributed by atoms with Gasteiger partial charge in [-0.2, -0.15) is 0 Å². The zero-order valence-electron chi connectivity index (χ0n) is 13.2. The molecule has 0 radical (unpaired) electrons. The van der Waals surface area contributed by atoms with Gasteiger partial charge >= 0.3 is 0 Å². The zero-order valence-corrected chi connectivity index (χ0v) is 13.2. The van der Waals surface area contributed by atoms with Crippen molar-refractivity contribution in [2.24, 2.45) is 0 Å². The molecule has 112 valence electrons. The van der Waals surface area contributed by atoms with E-state index in [1.807, 2.05) is 13.8 Å². The van der Waals surface area contributed by atoms with Gasteiger partial charge in [0.1, 0.15) is 0 Å². The Kier molecular flexibility index (Phi) is 8.24. The lowest BCUT2D eigenvalue weighted by atomic mass is 10.1. The Balaban J connectivity index is 2.36. The van der Waals surface area contributed by atoms with Crippen LogP contribution in [-0.4, -0.2) is 24.9 Å². The average molecular weight is 276 g/mol. The van der Waals surface area contributed by atoms with Crippen LogP contribution in [0.25, 0.3) is 0 Å². The predicted octanol–water partition coefficient (Wildman–Crippen LogP) is 4.39.